The van der Waals surface area contributed by atoms with Crippen molar-refractivity contribution >= 4 is 50.9 Å². The van der Waals surface area contributed by atoms with Gasteiger partial charge in [0.2, 0.25) is 5.91 Å². The minimum Gasteiger partial charge on any atom is -0.465 e. The van der Waals surface area contributed by atoms with Crippen LogP contribution in [-0.2, 0) is 9.53 Å². The summed E-state index contributed by atoms with van der Waals surface area (Å²) < 4.78 is 6.32. The number of fused-ring (bicyclic) bond motifs is 1. The van der Waals surface area contributed by atoms with Crippen LogP contribution in [0.5, 0.6) is 0 Å². The molecule has 0 radical (unpaired) electrons. The number of rotatable bonds is 6. The van der Waals surface area contributed by atoms with Crippen molar-refractivity contribution in [2.75, 3.05) is 18.2 Å². The fourth-order valence-electron chi connectivity index (χ4n) is 3.37. The van der Waals surface area contributed by atoms with Crippen molar-refractivity contribution in [3.63, 3.8) is 0 Å². The van der Waals surface area contributed by atoms with Crippen molar-refractivity contribution in [1.29, 1.82) is 0 Å². The Kier molecular flexibility index (Phi) is 6.62. The quantitative estimate of drug-likeness (QED) is 0.247. The number of methoxy groups -OCH3 is 1. The number of carbonyl (C=O) groups excluding carboxylic acids is 2. The van der Waals surface area contributed by atoms with Gasteiger partial charge in [-0.15, -0.1) is 11.3 Å². The highest BCUT2D eigenvalue weighted by molar-refractivity contribution is 7.99. The highest BCUT2D eigenvalue weighted by Gasteiger charge is 2.19. The second kappa shape index (κ2) is 9.60. The summed E-state index contributed by atoms with van der Waals surface area (Å²) in [5, 5.41) is 3.77. The third-order valence-electron chi connectivity index (χ3n) is 5.13. The normalized spacial score (nSPS) is 10.9. The molecule has 1 N–H and O–H groups in total. The Morgan fingerprint density at radius 1 is 1.09 bits per heavy atom. The SMILES string of the molecule is COC(=O)c1ccccc1NC(=O)CSc1nc2sc(C)c(C)c2c(=O)n1-c1ccccc1. The molecule has 7 nitrogen and oxygen atoms in total. The van der Waals surface area contributed by atoms with Gasteiger partial charge in [0.25, 0.3) is 5.56 Å². The lowest BCUT2D eigenvalue weighted by Gasteiger charge is -2.13. The summed E-state index contributed by atoms with van der Waals surface area (Å²) in [6, 6.07) is 15.9. The van der Waals surface area contributed by atoms with Crippen LogP contribution in [-0.4, -0.2) is 34.3 Å². The predicted octanol–water partition coefficient (Wildman–Crippen LogP) is 4.58. The van der Waals surface area contributed by atoms with Crippen LogP contribution in [0.15, 0.2) is 64.5 Å². The van der Waals surface area contributed by atoms with Crippen LogP contribution in [0.25, 0.3) is 15.9 Å². The van der Waals surface area contributed by atoms with E-state index in [-0.39, 0.29) is 22.8 Å². The largest absolute Gasteiger partial charge is 0.465 e. The molecule has 0 spiro atoms. The van der Waals surface area contributed by atoms with Gasteiger partial charge in [0.05, 0.1) is 35.2 Å². The predicted molar refractivity (Wildman–Crippen MR) is 132 cm³/mol. The number of amides is 1. The fraction of sp³-hybridized carbons (Fsp3) is 0.167. The van der Waals surface area contributed by atoms with Crippen LogP contribution in [0, 0.1) is 13.8 Å². The van der Waals surface area contributed by atoms with Crippen LogP contribution >= 0.6 is 23.1 Å². The number of ether oxygens (including phenoxy) is 1. The first kappa shape index (κ1) is 22.8. The Hall–Kier alpha value is -3.43. The number of hydrogen-bond donors (Lipinski definition) is 1. The summed E-state index contributed by atoms with van der Waals surface area (Å²) in [4.78, 5) is 44.5. The van der Waals surface area contributed by atoms with Crippen molar-refractivity contribution in [2.24, 2.45) is 0 Å². The minimum atomic E-state index is -0.535. The zero-order chi connectivity index (χ0) is 23.5. The van der Waals surface area contributed by atoms with Gasteiger partial charge in [0.1, 0.15) is 4.83 Å². The highest BCUT2D eigenvalue weighted by atomic mass is 32.2. The number of para-hydroxylation sites is 2. The van der Waals surface area contributed by atoms with Crippen molar-refractivity contribution in [2.45, 2.75) is 19.0 Å². The molecule has 1 amide bonds. The lowest BCUT2D eigenvalue weighted by atomic mass is 10.2. The van der Waals surface area contributed by atoms with Gasteiger partial charge in [0.15, 0.2) is 5.16 Å². The minimum absolute atomic E-state index is 0.00360. The van der Waals surface area contributed by atoms with E-state index >= 15 is 0 Å². The number of nitrogens with zero attached hydrogens (tertiary/aromatic N) is 2. The second-order valence-corrected chi connectivity index (χ2v) is 9.35. The van der Waals surface area contributed by atoms with E-state index in [9.17, 15) is 14.4 Å². The Bertz CT molecular complexity index is 1410. The standard InChI is InChI=1S/C24H21N3O4S2/c1-14-15(2)33-21-20(14)22(29)27(16-9-5-4-6-10-16)24(26-21)32-13-19(28)25-18-12-8-7-11-17(18)23(30)31-3/h4-12H,13H2,1-3H3,(H,25,28). The summed E-state index contributed by atoms with van der Waals surface area (Å²) in [7, 11) is 1.29. The molecule has 2 heterocycles. The summed E-state index contributed by atoms with van der Waals surface area (Å²) in [6.45, 7) is 3.89. The zero-order valence-electron chi connectivity index (χ0n) is 18.2. The number of anilines is 1. The van der Waals surface area contributed by atoms with Gasteiger partial charge >= 0.3 is 5.97 Å². The van der Waals surface area contributed by atoms with Crippen molar-refractivity contribution in [3.05, 3.63) is 81.0 Å². The van der Waals surface area contributed by atoms with E-state index in [2.05, 4.69) is 5.32 Å². The van der Waals surface area contributed by atoms with E-state index in [4.69, 9.17) is 9.72 Å². The third-order valence-corrected chi connectivity index (χ3v) is 7.17. The van der Waals surface area contributed by atoms with E-state index in [1.807, 2.05) is 44.2 Å². The number of hydrogen-bond acceptors (Lipinski definition) is 7. The van der Waals surface area contributed by atoms with E-state index < -0.39 is 5.97 Å². The molecule has 0 aliphatic heterocycles. The molecule has 0 fully saturated rings. The number of aryl methyl sites for hydroxylation is 2. The monoisotopic (exact) mass is 479 g/mol. The van der Waals surface area contributed by atoms with Gasteiger partial charge in [-0.3, -0.25) is 14.2 Å². The molecule has 0 bridgehead atoms. The summed E-state index contributed by atoms with van der Waals surface area (Å²) in [6.07, 6.45) is 0. The maximum Gasteiger partial charge on any atom is 0.339 e. The highest BCUT2D eigenvalue weighted by Crippen LogP contribution is 2.29. The fourth-order valence-corrected chi connectivity index (χ4v) is 5.26. The number of thiophene rings is 1. The lowest BCUT2D eigenvalue weighted by molar-refractivity contribution is -0.113. The Labute approximate surface area is 198 Å². The molecule has 4 aromatic rings. The molecule has 4 rings (SSSR count). The first-order chi connectivity index (χ1) is 15.9. The second-order valence-electron chi connectivity index (χ2n) is 7.21. The summed E-state index contributed by atoms with van der Waals surface area (Å²) in [5.74, 6) is -0.861. The molecular formula is C24H21N3O4S2. The molecular weight excluding hydrogens is 458 g/mol. The van der Waals surface area contributed by atoms with Gasteiger partial charge in [0, 0.05) is 4.88 Å². The molecule has 33 heavy (non-hydrogen) atoms. The number of nitrogens with one attached hydrogen (secondary N) is 1. The van der Waals surface area contributed by atoms with Gasteiger partial charge in [-0.1, -0.05) is 42.1 Å². The van der Waals surface area contributed by atoms with Crippen molar-refractivity contribution < 1.29 is 14.3 Å². The zero-order valence-corrected chi connectivity index (χ0v) is 19.9. The molecule has 168 valence electrons. The smallest absolute Gasteiger partial charge is 0.339 e. The van der Waals surface area contributed by atoms with Crippen molar-refractivity contribution in [3.8, 4) is 5.69 Å². The van der Waals surface area contributed by atoms with E-state index in [0.29, 0.717) is 26.7 Å². The van der Waals surface area contributed by atoms with E-state index in [1.54, 1.807) is 28.8 Å². The van der Waals surface area contributed by atoms with Crippen LogP contribution in [0.1, 0.15) is 20.8 Å². The third kappa shape index (κ3) is 4.55. The summed E-state index contributed by atoms with van der Waals surface area (Å²) >= 11 is 2.63. The number of thioether (sulfide) groups is 1. The van der Waals surface area contributed by atoms with Gasteiger partial charge in [-0.05, 0) is 43.7 Å². The Morgan fingerprint density at radius 3 is 2.52 bits per heavy atom. The topological polar surface area (TPSA) is 90.3 Å². The van der Waals surface area contributed by atoms with Crippen molar-refractivity contribution in [1.82, 2.24) is 9.55 Å². The Balaban J connectivity index is 1.66. The molecule has 0 saturated heterocycles. The molecule has 2 aromatic heterocycles. The van der Waals surface area contributed by atoms with Gasteiger partial charge < -0.3 is 10.1 Å². The van der Waals surface area contributed by atoms with Gasteiger partial charge in [-0.25, -0.2) is 9.78 Å². The molecule has 2 aromatic carbocycles. The number of aromatic nitrogens is 2. The molecule has 0 aliphatic carbocycles. The maximum absolute atomic E-state index is 13.4. The first-order valence-corrected chi connectivity index (χ1v) is 11.9. The molecule has 0 aliphatic rings. The van der Waals surface area contributed by atoms with Crippen LogP contribution < -0.4 is 10.9 Å². The van der Waals surface area contributed by atoms with Gasteiger partial charge in [-0.2, -0.15) is 0 Å². The van der Waals surface area contributed by atoms with Crippen LogP contribution in [0.2, 0.25) is 0 Å². The van der Waals surface area contributed by atoms with E-state index in [1.165, 1.54) is 18.4 Å². The number of esters is 1. The van der Waals surface area contributed by atoms with Crippen LogP contribution in [0.3, 0.4) is 0 Å². The number of carbonyl (C=O) groups is 2. The molecule has 0 atom stereocenters. The van der Waals surface area contributed by atoms with Crippen LogP contribution in [0.4, 0.5) is 5.69 Å². The first-order valence-electron chi connectivity index (χ1n) is 10.1. The molecule has 9 heteroatoms. The average Bonchev–Trinajstić information content (AvgIpc) is 3.11. The number of benzene rings is 2. The Morgan fingerprint density at radius 2 is 1.79 bits per heavy atom. The maximum atomic E-state index is 13.4. The average molecular weight is 480 g/mol. The van der Waals surface area contributed by atoms with E-state index in [0.717, 1.165) is 22.2 Å². The molecule has 0 unspecified atom stereocenters. The molecule has 0 saturated carbocycles. The lowest BCUT2D eigenvalue weighted by Crippen LogP contribution is -2.23. The summed E-state index contributed by atoms with van der Waals surface area (Å²) in [5.41, 5.74) is 2.07.